The molecule has 4 heteroatoms. The van der Waals surface area contributed by atoms with E-state index in [0.29, 0.717) is 12.6 Å². The fourth-order valence-corrected chi connectivity index (χ4v) is 2.34. The topological polar surface area (TPSA) is 21.3 Å². The Morgan fingerprint density at radius 1 is 1.50 bits per heavy atom. The zero-order valence-corrected chi connectivity index (χ0v) is 12.1. The highest BCUT2D eigenvalue weighted by Gasteiger charge is 1.99. The van der Waals surface area contributed by atoms with Gasteiger partial charge in [0.2, 0.25) is 0 Å². The van der Waals surface area contributed by atoms with Gasteiger partial charge in [-0.05, 0) is 31.4 Å². The van der Waals surface area contributed by atoms with Crippen molar-refractivity contribution in [2.45, 2.75) is 13.0 Å². The molecule has 0 heterocycles. The maximum atomic E-state index is 5.62. The molecule has 1 aromatic rings. The Balaban J connectivity index is 2.16. The molecule has 1 N–H and O–H groups in total. The fourth-order valence-electron chi connectivity index (χ4n) is 1.34. The molecule has 16 heavy (non-hydrogen) atoms. The fraction of sp³-hybridized carbons (Fsp3) is 0.500. The largest absolute Gasteiger partial charge is 0.492 e. The molecule has 0 radical (unpaired) electrons. The first kappa shape index (κ1) is 13.9. The molecule has 0 aromatic heterocycles. The minimum Gasteiger partial charge on any atom is -0.492 e. The first-order chi connectivity index (χ1) is 7.72. The number of hydrogen-bond acceptors (Lipinski definition) is 3. The van der Waals surface area contributed by atoms with Crippen LogP contribution < -0.4 is 10.1 Å². The second-order valence-corrected chi connectivity index (χ2v) is 5.44. The molecule has 0 aliphatic rings. The Labute approximate surface area is 110 Å². The molecule has 0 fully saturated rings. The summed E-state index contributed by atoms with van der Waals surface area (Å²) in [6, 6.07) is 8.46. The lowest BCUT2D eigenvalue weighted by Crippen LogP contribution is -2.31. The number of benzene rings is 1. The van der Waals surface area contributed by atoms with Crippen molar-refractivity contribution in [3.63, 3.8) is 0 Å². The number of halogens is 1. The van der Waals surface area contributed by atoms with Crippen LogP contribution in [0.4, 0.5) is 0 Å². The van der Waals surface area contributed by atoms with E-state index in [1.165, 1.54) is 0 Å². The van der Waals surface area contributed by atoms with E-state index >= 15 is 0 Å². The smallest absolute Gasteiger partial charge is 0.120 e. The monoisotopic (exact) mass is 303 g/mol. The van der Waals surface area contributed by atoms with Crippen LogP contribution >= 0.6 is 27.7 Å². The lowest BCUT2D eigenvalue weighted by atomic mass is 10.3. The quantitative estimate of drug-likeness (QED) is 0.782. The number of hydrogen-bond donors (Lipinski definition) is 1. The van der Waals surface area contributed by atoms with Gasteiger partial charge in [0.15, 0.2) is 0 Å². The van der Waals surface area contributed by atoms with Crippen LogP contribution in [-0.2, 0) is 0 Å². The van der Waals surface area contributed by atoms with Crippen molar-refractivity contribution in [1.82, 2.24) is 5.32 Å². The Morgan fingerprint density at radius 2 is 2.31 bits per heavy atom. The highest BCUT2D eigenvalue weighted by atomic mass is 79.9. The summed E-state index contributed by atoms with van der Waals surface area (Å²) in [6.45, 7) is 3.78. The minimum absolute atomic E-state index is 0.543. The Morgan fingerprint density at radius 3 is 3.00 bits per heavy atom. The van der Waals surface area contributed by atoms with Crippen LogP contribution in [0, 0.1) is 0 Å². The predicted octanol–water partition coefficient (Wildman–Crippen LogP) is 3.17. The van der Waals surface area contributed by atoms with E-state index in [1.54, 1.807) is 0 Å². The average molecular weight is 304 g/mol. The third kappa shape index (κ3) is 5.77. The summed E-state index contributed by atoms with van der Waals surface area (Å²) in [5, 5.41) is 3.41. The van der Waals surface area contributed by atoms with Gasteiger partial charge in [-0.25, -0.2) is 0 Å². The number of nitrogens with one attached hydrogen (secondary N) is 1. The first-order valence-electron chi connectivity index (χ1n) is 5.33. The van der Waals surface area contributed by atoms with Crippen LogP contribution in [0.15, 0.2) is 28.7 Å². The Bertz CT molecular complexity index is 309. The van der Waals surface area contributed by atoms with E-state index in [-0.39, 0.29) is 0 Å². The van der Waals surface area contributed by atoms with Crippen LogP contribution in [0.5, 0.6) is 5.75 Å². The molecule has 90 valence electrons. The molecule has 1 aromatic carbocycles. The van der Waals surface area contributed by atoms with Crippen LogP contribution in [0.2, 0.25) is 0 Å². The summed E-state index contributed by atoms with van der Waals surface area (Å²) in [5.41, 5.74) is 0. The molecular formula is C12H18BrNOS. The van der Waals surface area contributed by atoms with Crippen LogP contribution in [0.1, 0.15) is 6.92 Å². The van der Waals surface area contributed by atoms with E-state index in [9.17, 15) is 0 Å². The molecule has 1 atom stereocenters. The zero-order chi connectivity index (χ0) is 11.8. The van der Waals surface area contributed by atoms with Gasteiger partial charge in [0.05, 0.1) is 0 Å². The van der Waals surface area contributed by atoms with Gasteiger partial charge in [-0.2, -0.15) is 11.8 Å². The first-order valence-corrected chi connectivity index (χ1v) is 7.51. The van der Waals surface area contributed by atoms with Gasteiger partial charge >= 0.3 is 0 Å². The molecule has 0 aliphatic carbocycles. The van der Waals surface area contributed by atoms with Crippen molar-refractivity contribution >= 4 is 27.7 Å². The standard InChI is InChI=1S/C12H18BrNOS/c1-10(9-16-2)14-6-7-15-12-5-3-4-11(13)8-12/h3-5,8,10,14H,6-7,9H2,1-2H3. The van der Waals surface area contributed by atoms with Crippen LogP contribution in [-0.4, -0.2) is 31.2 Å². The van der Waals surface area contributed by atoms with Gasteiger partial charge in [0.1, 0.15) is 12.4 Å². The van der Waals surface area contributed by atoms with Crippen LogP contribution in [0.3, 0.4) is 0 Å². The zero-order valence-electron chi connectivity index (χ0n) is 9.70. The van der Waals surface area contributed by atoms with E-state index in [0.717, 1.165) is 22.5 Å². The maximum Gasteiger partial charge on any atom is 0.120 e. The van der Waals surface area contributed by atoms with E-state index < -0.39 is 0 Å². The number of thioether (sulfide) groups is 1. The van der Waals surface area contributed by atoms with Crippen molar-refractivity contribution in [3.05, 3.63) is 28.7 Å². The summed E-state index contributed by atoms with van der Waals surface area (Å²) in [5.74, 6) is 2.05. The summed E-state index contributed by atoms with van der Waals surface area (Å²) in [6.07, 6.45) is 2.12. The summed E-state index contributed by atoms with van der Waals surface area (Å²) < 4.78 is 6.67. The summed E-state index contributed by atoms with van der Waals surface area (Å²) >= 11 is 5.27. The lowest BCUT2D eigenvalue weighted by molar-refractivity contribution is 0.309. The van der Waals surface area contributed by atoms with Crippen molar-refractivity contribution < 1.29 is 4.74 Å². The second-order valence-electron chi connectivity index (χ2n) is 3.62. The SMILES string of the molecule is CSCC(C)NCCOc1cccc(Br)c1. The molecule has 0 spiro atoms. The van der Waals surface area contributed by atoms with Crippen molar-refractivity contribution in [2.75, 3.05) is 25.2 Å². The predicted molar refractivity (Wildman–Crippen MR) is 75.5 cm³/mol. The molecule has 1 unspecified atom stereocenters. The average Bonchev–Trinajstić information content (AvgIpc) is 2.25. The van der Waals surface area contributed by atoms with Gasteiger partial charge in [-0.1, -0.05) is 22.0 Å². The molecule has 0 amide bonds. The molecule has 0 saturated heterocycles. The van der Waals surface area contributed by atoms with Gasteiger partial charge in [0.25, 0.3) is 0 Å². The van der Waals surface area contributed by atoms with Gasteiger partial charge < -0.3 is 10.1 Å². The summed E-state index contributed by atoms with van der Waals surface area (Å²) in [7, 11) is 0. The van der Waals surface area contributed by atoms with E-state index in [4.69, 9.17) is 4.74 Å². The van der Waals surface area contributed by atoms with E-state index in [2.05, 4.69) is 34.4 Å². The summed E-state index contributed by atoms with van der Waals surface area (Å²) in [4.78, 5) is 0. The second kappa shape index (κ2) is 7.98. The van der Waals surface area contributed by atoms with E-state index in [1.807, 2.05) is 36.0 Å². The normalized spacial score (nSPS) is 12.4. The highest BCUT2D eigenvalue weighted by molar-refractivity contribution is 9.10. The lowest BCUT2D eigenvalue weighted by Gasteiger charge is -2.12. The highest BCUT2D eigenvalue weighted by Crippen LogP contribution is 2.17. The Hall–Kier alpha value is -0.190. The van der Waals surface area contributed by atoms with Gasteiger partial charge in [-0.3, -0.25) is 0 Å². The van der Waals surface area contributed by atoms with Crippen molar-refractivity contribution in [1.29, 1.82) is 0 Å². The van der Waals surface area contributed by atoms with Crippen molar-refractivity contribution in [3.8, 4) is 5.75 Å². The van der Waals surface area contributed by atoms with Gasteiger partial charge in [-0.15, -0.1) is 0 Å². The van der Waals surface area contributed by atoms with Crippen LogP contribution in [0.25, 0.3) is 0 Å². The molecule has 2 nitrogen and oxygen atoms in total. The molecule has 1 rings (SSSR count). The number of rotatable bonds is 7. The minimum atomic E-state index is 0.543. The molecule has 0 saturated carbocycles. The Kier molecular flexibility index (Phi) is 6.92. The molecular weight excluding hydrogens is 286 g/mol. The third-order valence-corrected chi connectivity index (χ3v) is 3.40. The molecule has 0 aliphatic heterocycles. The third-order valence-electron chi connectivity index (χ3n) is 2.08. The van der Waals surface area contributed by atoms with Gasteiger partial charge in [0, 0.05) is 22.8 Å². The van der Waals surface area contributed by atoms with Crippen molar-refractivity contribution in [2.24, 2.45) is 0 Å². The molecule has 0 bridgehead atoms. The number of ether oxygens (including phenoxy) is 1. The maximum absolute atomic E-state index is 5.62.